The van der Waals surface area contributed by atoms with Gasteiger partial charge in [-0.15, -0.1) is 0 Å². The molecule has 112 valence electrons. The molecule has 0 saturated heterocycles. The van der Waals surface area contributed by atoms with Gasteiger partial charge in [0.1, 0.15) is 6.61 Å². The van der Waals surface area contributed by atoms with Gasteiger partial charge in [-0.1, -0.05) is 12.1 Å². The number of hydrogen-bond donors (Lipinski definition) is 1. The molecule has 3 nitrogen and oxygen atoms in total. The molecule has 0 unspecified atom stereocenters. The Morgan fingerprint density at radius 3 is 2.33 bits per heavy atom. The number of halogens is 3. The smallest absolute Gasteiger partial charge is 0.191 e. The lowest BCUT2D eigenvalue weighted by atomic mass is 10.2. The van der Waals surface area contributed by atoms with E-state index in [1.165, 1.54) is 19.2 Å². The van der Waals surface area contributed by atoms with Gasteiger partial charge in [0.2, 0.25) is 0 Å². The second-order valence-corrected chi connectivity index (χ2v) is 4.31. The minimum absolute atomic E-state index is 0.0125. The first-order chi connectivity index (χ1) is 10.1. The molecule has 0 bridgehead atoms. The number of rotatable bonds is 5. The minimum atomic E-state index is -0.876. The van der Waals surface area contributed by atoms with Gasteiger partial charge in [-0.05, 0) is 23.8 Å². The average Bonchev–Trinajstić information content (AvgIpc) is 2.47. The van der Waals surface area contributed by atoms with Crippen LogP contribution in [-0.2, 0) is 13.2 Å². The van der Waals surface area contributed by atoms with Crippen LogP contribution in [0, 0.1) is 17.5 Å². The number of methoxy groups -OCH3 is 1. The van der Waals surface area contributed by atoms with E-state index in [1.54, 1.807) is 6.07 Å². The number of nitrogens with two attached hydrogens (primary N) is 1. The maximum Gasteiger partial charge on any atom is 0.191 e. The van der Waals surface area contributed by atoms with Crippen molar-refractivity contribution in [2.75, 3.05) is 7.11 Å². The van der Waals surface area contributed by atoms with Gasteiger partial charge in [0.15, 0.2) is 29.0 Å². The van der Waals surface area contributed by atoms with E-state index in [4.69, 9.17) is 15.2 Å². The van der Waals surface area contributed by atoms with Gasteiger partial charge in [0.25, 0.3) is 0 Å². The van der Waals surface area contributed by atoms with Gasteiger partial charge in [-0.3, -0.25) is 0 Å². The SMILES string of the molecule is COc1cccc(COc2c(F)cc(CN)cc2F)c1F. The number of ether oxygens (including phenoxy) is 2. The van der Waals surface area contributed by atoms with Crippen LogP contribution in [0.25, 0.3) is 0 Å². The predicted octanol–water partition coefficient (Wildman–Crippen LogP) is 3.15. The molecule has 0 radical (unpaired) electrons. The van der Waals surface area contributed by atoms with E-state index in [2.05, 4.69) is 0 Å². The molecule has 0 aliphatic rings. The molecule has 0 aliphatic heterocycles. The highest BCUT2D eigenvalue weighted by Gasteiger charge is 2.14. The van der Waals surface area contributed by atoms with Crippen LogP contribution < -0.4 is 15.2 Å². The summed E-state index contributed by atoms with van der Waals surface area (Å²) >= 11 is 0. The molecular formula is C15H14F3NO2. The van der Waals surface area contributed by atoms with Crippen LogP contribution in [0.2, 0.25) is 0 Å². The third kappa shape index (κ3) is 3.28. The fourth-order valence-electron chi connectivity index (χ4n) is 1.84. The Balaban J connectivity index is 2.21. The summed E-state index contributed by atoms with van der Waals surface area (Å²) in [6, 6.07) is 6.61. The molecule has 0 amide bonds. The molecule has 0 saturated carbocycles. The van der Waals surface area contributed by atoms with E-state index in [1.807, 2.05) is 0 Å². The Bertz CT molecular complexity index is 624. The molecule has 2 N–H and O–H groups in total. The third-order valence-electron chi connectivity index (χ3n) is 2.93. The minimum Gasteiger partial charge on any atom is -0.494 e. The second kappa shape index (κ2) is 6.49. The first-order valence-corrected chi connectivity index (χ1v) is 6.19. The van der Waals surface area contributed by atoms with Gasteiger partial charge in [0, 0.05) is 12.1 Å². The van der Waals surface area contributed by atoms with Crippen LogP contribution in [0.4, 0.5) is 13.2 Å². The van der Waals surface area contributed by atoms with Crippen molar-refractivity contribution < 1.29 is 22.6 Å². The zero-order valence-corrected chi connectivity index (χ0v) is 11.3. The molecule has 2 rings (SSSR count). The van der Waals surface area contributed by atoms with Crippen LogP contribution in [0.1, 0.15) is 11.1 Å². The molecule has 0 aromatic heterocycles. The summed E-state index contributed by atoms with van der Waals surface area (Å²) in [4.78, 5) is 0. The van der Waals surface area contributed by atoms with Crippen molar-refractivity contribution in [3.8, 4) is 11.5 Å². The molecule has 21 heavy (non-hydrogen) atoms. The summed E-state index contributed by atoms with van der Waals surface area (Å²) in [6.07, 6.45) is 0. The molecule has 0 spiro atoms. The van der Waals surface area contributed by atoms with Gasteiger partial charge in [0.05, 0.1) is 7.11 Å². The number of benzene rings is 2. The topological polar surface area (TPSA) is 44.5 Å². The zero-order chi connectivity index (χ0) is 15.4. The fraction of sp³-hybridized carbons (Fsp3) is 0.200. The van der Waals surface area contributed by atoms with Crippen molar-refractivity contribution in [3.05, 3.63) is 58.9 Å². The maximum atomic E-state index is 13.9. The summed E-state index contributed by atoms with van der Waals surface area (Å²) in [5.41, 5.74) is 5.76. The average molecular weight is 297 g/mol. The van der Waals surface area contributed by atoms with Gasteiger partial charge in [-0.2, -0.15) is 0 Å². The molecular weight excluding hydrogens is 283 g/mol. The molecule has 0 heterocycles. The lowest BCUT2D eigenvalue weighted by Crippen LogP contribution is -2.05. The van der Waals surface area contributed by atoms with Crippen LogP contribution in [-0.4, -0.2) is 7.11 Å². The van der Waals surface area contributed by atoms with Gasteiger partial charge < -0.3 is 15.2 Å². The van der Waals surface area contributed by atoms with Crippen LogP contribution in [0.5, 0.6) is 11.5 Å². The quantitative estimate of drug-likeness (QED) is 0.922. The molecule has 0 aliphatic carbocycles. The standard InChI is InChI=1S/C15H14F3NO2/c1-20-13-4-2-3-10(14(13)18)8-21-15-11(16)5-9(7-19)6-12(15)17/h2-6H,7-8,19H2,1H3. The first kappa shape index (κ1) is 15.2. The van der Waals surface area contributed by atoms with E-state index < -0.39 is 23.2 Å². The zero-order valence-electron chi connectivity index (χ0n) is 11.3. The summed E-state index contributed by atoms with van der Waals surface area (Å²) in [5, 5.41) is 0. The molecule has 0 fully saturated rings. The van der Waals surface area contributed by atoms with Crippen LogP contribution >= 0.6 is 0 Å². The Morgan fingerprint density at radius 1 is 1.10 bits per heavy atom. The lowest BCUT2D eigenvalue weighted by Gasteiger charge is -2.11. The Labute approximate surface area is 120 Å². The molecule has 0 atom stereocenters. The Kier molecular flexibility index (Phi) is 4.70. The van der Waals surface area contributed by atoms with E-state index in [-0.39, 0.29) is 24.5 Å². The van der Waals surface area contributed by atoms with E-state index in [0.29, 0.717) is 5.56 Å². The highest BCUT2D eigenvalue weighted by atomic mass is 19.1. The van der Waals surface area contributed by atoms with Gasteiger partial charge in [-0.25, -0.2) is 13.2 Å². The van der Waals surface area contributed by atoms with Crippen molar-refractivity contribution in [2.24, 2.45) is 5.73 Å². The maximum absolute atomic E-state index is 13.9. The van der Waals surface area contributed by atoms with Crippen molar-refractivity contribution in [1.29, 1.82) is 0 Å². The largest absolute Gasteiger partial charge is 0.494 e. The Morgan fingerprint density at radius 2 is 1.76 bits per heavy atom. The predicted molar refractivity (Wildman–Crippen MR) is 71.5 cm³/mol. The number of hydrogen-bond acceptors (Lipinski definition) is 3. The lowest BCUT2D eigenvalue weighted by molar-refractivity contribution is 0.266. The van der Waals surface area contributed by atoms with Crippen molar-refractivity contribution in [3.63, 3.8) is 0 Å². The third-order valence-corrected chi connectivity index (χ3v) is 2.93. The molecule has 6 heteroatoms. The van der Waals surface area contributed by atoms with Crippen molar-refractivity contribution >= 4 is 0 Å². The first-order valence-electron chi connectivity index (χ1n) is 6.19. The van der Waals surface area contributed by atoms with E-state index in [9.17, 15) is 13.2 Å². The van der Waals surface area contributed by atoms with Crippen molar-refractivity contribution in [2.45, 2.75) is 13.2 Å². The van der Waals surface area contributed by atoms with E-state index >= 15 is 0 Å². The Hall–Kier alpha value is -2.21. The summed E-state index contributed by atoms with van der Waals surface area (Å²) in [5.74, 6) is -2.90. The highest BCUT2D eigenvalue weighted by molar-refractivity contribution is 5.33. The van der Waals surface area contributed by atoms with Gasteiger partial charge >= 0.3 is 0 Å². The van der Waals surface area contributed by atoms with E-state index in [0.717, 1.165) is 12.1 Å². The summed E-state index contributed by atoms with van der Waals surface area (Å²) in [6.45, 7) is -0.308. The summed E-state index contributed by atoms with van der Waals surface area (Å²) < 4.78 is 51.2. The highest BCUT2D eigenvalue weighted by Crippen LogP contribution is 2.26. The fourth-order valence-corrected chi connectivity index (χ4v) is 1.84. The second-order valence-electron chi connectivity index (χ2n) is 4.31. The van der Waals surface area contributed by atoms with Crippen LogP contribution in [0.15, 0.2) is 30.3 Å². The monoisotopic (exact) mass is 297 g/mol. The summed E-state index contributed by atoms with van der Waals surface area (Å²) in [7, 11) is 1.33. The van der Waals surface area contributed by atoms with Crippen molar-refractivity contribution in [1.82, 2.24) is 0 Å². The normalized spacial score (nSPS) is 10.5. The molecule has 2 aromatic carbocycles. The molecule has 2 aromatic rings. The van der Waals surface area contributed by atoms with Crippen LogP contribution in [0.3, 0.4) is 0 Å².